The van der Waals surface area contributed by atoms with Crippen molar-refractivity contribution in [1.29, 1.82) is 0 Å². The van der Waals surface area contributed by atoms with Gasteiger partial charge in [-0.15, -0.1) is 11.3 Å². The van der Waals surface area contributed by atoms with E-state index < -0.39 is 0 Å². The second kappa shape index (κ2) is 8.64. The summed E-state index contributed by atoms with van der Waals surface area (Å²) in [5, 5.41) is 2.17. The smallest absolute Gasteiger partial charge is 0.190 e. The Morgan fingerprint density at radius 1 is 1.25 bits per heavy atom. The van der Waals surface area contributed by atoms with E-state index in [1.165, 1.54) is 5.56 Å². The summed E-state index contributed by atoms with van der Waals surface area (Å²) in [6.07, 6.45) is 2.44. The van der Waals surface area contributed by atoms with E-state index >= 15 is 0 Å². The Labute approximate surface area is 177 Å². The predicted molar refractivity (Wildman–Crippen MR) is 117 cm³/mol. The fraction of sp³-hybridized carbons (Fsp3) is 0.318. The maximum absolute atomic E-state index is 5.76. The molecule has 6 heteroatoms. The average Bonchev–Trinajstić information content (AvgIpc) is 3.36. The molecule has 2 aromatic carbocycles. The third-order valence-electron chi connectivity index (χ3n) is 4.88. The first-order valence-electron chi connectivity index (χ1n) is 9.39. The maximum Gasteiger partial charge on any atom is 0.190 e. The second-order valence-corrected chi connectivity index (χ2v) is 8.65. The van der Waals surface area contributed by atoms with Gasteiger partial charge < -0.3 is 9.47 Å². The van der Waals surface area contributed by atoms with Gasteiger partial charge in [0.05, 0.1) is 31.1 Å². The Balaban J connectivity index is 1.87. The summed E-state index contributed by atoms with van der Waals surface area (Å²) in [7, 11) is 1.71. The minimum Gasteiger partial charge on any atom is -0.495 e. The van der Waals surface area contributed by atoms with E-state index in [4.69, 9.17) is 14.5 Å². The number of thiazole rings is 1. The van der Waals surface area contributed by atoms with Gasteiger partial charge in [-0.25, -0.2) is 0 Å². The summed E-state index contributed by atoms with van der Waals surface area (Å²) in [6, 6.07) is 14.6. The Morgan fingerprint density at radius 3 is 2.79 bits per heavy atom. The van der Waals surface area contributed by atoms with Crippen molar-refractivity contribution in [3.8, 4) is 22.7 Å². The van der Waals surface area contributed by atoms with Gasteiger partial charge in [0.2, 0.25) is 0 Å². The van der Waals surface area contributed by atoms with Crippen LogP contribution in [0.4, 0.5) is 0 Å². The van der Waals surface area contributed by atoms with Crippen LogP contribution in [0.2, 0.25) is 0 Å². The Bertz CT molecular complexity index is 1020. The second-order valence-electron chi connectivity index (χ2n) is 6.90. The molecule has 1 atom stereocenters. The quantitative estimate of drug-likeness (QED) is 0.515. The van der Waals surface area contributed by atoms with E-state index in [1.807, 2.05) is 6.07 Å². The fourth-order valence-corrected chi connectivity index (χ4v) is 4.59. The van der Waals surface area contributed by atoms with Crippen LogP contribution in [0.3, 0.4) is 0 Å². The largest absolute Gasteiger partial charge is 0.495 e. The lowest BCUT2D eigenvalue weighted by Gasteiger charge is -2.14. The highest BCUT2D eigenvalue weighted by Gasteiger charge is 2.17. The molecule has 0 saturated carbocycles. The van der Waals surface area contributed by atoms with Crippen LogP contribution in [0.1, 0.15) is 18.4 Å². The van der Waals surface area contributed by atoms with Crippen molar-refractivity contribution in [2.45, 2.75) is 25.9 Å². The molecule has 1 saturated heterocycles. The number of ether oxygens (including phenoxy) is 2. The van der Waals surface area contributed by atoms with Gasteiger partial charge >= 0.3 is 0 Å². The number of aromatic nitrogens is 1. The standard InChI is InChI=1S/C22H23BrN2O2S/c1-15-5-10-21(26-2)19(12-15)25-20(16-6-8-17(23)9-7-16)14-28-22(25)24-13-18-4-3-11-27-18/h5-10,12,14,18H,3-4,11,13H2,1-2H3/t18-/m1/s1. The van der Waals surface area contributed by atoms with Crippen LogP contribution in [0, 0.1) is 6.92 Å². The zero-order chi connectivity index (χ0) is 19.5. The van der Waals surface area contributed by atoms with Crippen LogP contribution in [0.25, 0.3) is 16.9 Å². The number of halogens is 1. The molecule has 0 N–H and O–H groups in total. The van der Waals surface area contributed by atoms with Gasteiger partial charge in [0.1, 0.15) is 5.75 Å². The molecule has 2 heterocycles. The molecule has 1 aliphatic heterocycles. The number of methoxy groups -OCH3 is 1. The molecule has 1 aliphatic rings. The average molecular weight is 459 g/mol. The van der Waals surface area contributed by atoms with Gasteiger partial charge in [0, 0.05) is 16.5 Å². The van der Waals surface area contributed by atoms with E-state index in [1.54, 1.807) is 18.4 Å². The molecule has 0 aliphatic carbocycles. The van der Waals surface area contributed by atoms with Crippen LogP contribution in [0.5, 0.6) is 5.75 Å². The number of rotatable bonds is 5. The highest BCUT2D eigenvalue weighted by atomic mass is 79.9. The molecule has 1 aromatic heterocycles. The lowest BCUT2D eigenvalue weighted by molar-refractivity contribution is 0.117. The first-order valence-corrected chi connectivity index (χ1v) is 11.1. The zero-order valence-electron chi connectivity index (χ0n) is 16.0. The minimum atomic E-state index is 0.228. The van der Waals surface area contributed by atoms with E-state index in [-0.39, 0.29) is 6.10 Å². The predicted octanol–water partition coefficient (Wildman–Crippen LogP) is 5.37. The lowest BCUT2D eigenvalue weighted by Crippen LogP contribution is -2.19. The summed E-state index contributed by atoms with van der Waals surface area (Å²) in [5.74, 6) is 0.834. The third kappa shape index (κ3) is 4.09. The van der Waals surface area contributed by atoms with Crippen molar-refractivity contribution in [1.82, 2.24) is 4.57 Å². The van der Waals surface area contributed by atoms with Crippen molar-refractivity contribution < 1.29 is 9.47 Å². The molecule has 3 aromatic rings. The first-order chi connectivity index (χ1) is 13.7. The van der Waals surface area contributed by atoms with E-state index in [0.717, 1.165) is 51.4 Å². The molecule has 0 bridgehead atoms. The minimum absolute atomic E-state index is 0.228. The van der Waals surface area contributed by atoms with E-state index in [2.05, 4.69) is 69.2 Å². The fourth-order valence-electron chi connectivity index (χ4n) is 3.42. The zero-order valence-corrected chi connectivity index (χ0v) is 18.4. The molecule has 4 rings (SSSR count). The molecule has 0 spiro atoms. The molecule has 0 amide bonds. The molecular formula is C22H23BrN2O2S. The molecule has 0 unspecified atom stereocenters. The summed E-state index contributed by atoms with van der Waals surface area (Å²) in [4.78, 5) is 5.88. The Hall–Kier alpha value is -1.89. The van der Waals surface area contributed by atoms with Crippen molar-refractivity contribution in [3.05, 3.63) is 62.7 Å². The van der Waals surface area contributed by atoms with Crippen LogP contribution in [-0.2, 0) is 4.74 Å². The number of hydrogen-bond donors (Lipinski definition) is 0. The molecule has 0 radical (unpaired) electrons. The normalized spacial score (nSPS) is 17.2. The van der Waals surface area contributed by atoms with Gasteiger partial charge in [-0.05, 0) is 55.2 Å². The molecule has 1 fully saturated rings. The van der Waals surface area contributed by atoms with Crippen LogP contribution < -0.4 is 9.54 Å². The van der Waals surface area contributed by atoms with Gasteiger partial charge in [-0.2, -0.15) is 0 Å². The highest BCUT2D eigenvalue weighted by Crippen LogP contribution is 2.30. The van der Waals surface area contributed by atoms with Crippen LogP contribution >= 0.6 is 27.3 Å². The lowest BCUT2D eigenvalue weighted by atomic mass is 10.1. The Morgan fingerprint density at radius 2 is 2.07 bits per heavy atom. The molecule has 28 heavy (non-hydrogen) atoms. The van der Waals surface area contributed by atoms with Gasteiger partial charge in [-0.1, -0.05) is 34.1 Å². The molecule has 146 valence electrons. The summed E-state index contributed by atoms with van der Waals surface area (Å²) in [6.45, 7) is 3.63. The summed E-state index contributed by atoms with van der Waals surface area (Å²) in [5.41, 5.74) is 4.43. The van der Waals surface area contributed by atoms with E-state index in [9.17, 15) is 0 Å². The molecular weight excluding hydrogens is 436 g/mol. The van der Waals surface area contributed by atoms with Gasteiger partial charge in [0.15, 0.2) is 4.80 Å². The van der Waals surface area contributed by atoms with Crippen molar-refractivity contribution in [3.63, 3.8) is 0 Å². The van der Waals surface area contributed by atoms with Gasteiger partial charge in [0.25, 0.3) is 0 Å². The molecule has 4 nitrogen and oxygen atoms in total. The van der Waals surface area contributed by atoms with Crippen LogP contribution in [-0.4, -0.2) is 30.9 Å². The number of benzene rings is 2. The number of aryl methyl sites for hydroxylation is 1. The van der Waals surface area contributed by atoms with Crippen molar-refractivity contribution >= 4 is 27.3 Å². The highest BCUT2D eigenvalue weighted by molar-refractivity contribution is 9.10. The maximum atomic E-state index is 5.76. The van der Waals surface area contributed by atoms with Crippen molar-refractivity contribution in [2.24, 2.45) is 4.99 Å². The SMILES string of the molecule is COc1ccc(C)cc1-n1c(-c2ccc(Br)cc2)csc1=NC[C@H]1CCCO1. The summed E-state index contributed by atoms with van der Waals surface area (Å²) < 4.78 is 14.7. The van der Waals surface area contributed by atoms with Gasteiger partial charge in [-0.3, -0.25) is 9.56 Å². The number of nitrogens with zero attached hydrogens (tertiary/aromatic N) is 2. The first kappa shape index (κ1) is 19.4. The monoisotopic (exact) mass is 458 g/mol. The topological polar surface area (TPSA) is 35.8 Å². The number of hydrogen-bond acceptors (Lipinski definition) is 4. The summed E-state index contributed by atoms with van der Waals surface area (Å²) >= 11 is 5.18. The van der Waals surface area contributed by atoms with E-state index in [0.29, 0.717) is 6.54 Å². The van der Waals surface area contributed by atoms with Crippen molar-refractivity contribution in [2.75, 3.05) is 20.3 Å². The van der Waals surface area contributed by atoms with Crippen LogP contribution in [0.15, 0.2) is 57.3 Å². The Kier molecular flexibility index (Phi) is 5.99. The third-order valence-corrected chi connectivity index (χ3v) is 6.27.